The maximum atomic E-state index is 11.5. The first-order valence-electron chi connectivity index (χ1n) is 6.35. The fraction of sp³-hybridized carbons (Fsp3) is 0.500. The summed E-state index contributed by atoms with van der Waals surface area (Å²) in [6.45, 7) is 4.07. The Hall–Kier alpha value is -0.910. The molecule has 1 aromatic rings. The van der Waals surface area contributed by atoms with Crippen molar-refractivity contribution in [2.75, 3.05) is 26.7 Å². The molecule has 5 heteroatoms. The molecule has 0 amide bonds. The number of hydrogen-bond donors (Lipinski definition) is 1. The van der Waals surface area contributed by atoms with E-state index in [4.69, 9.17) is 4.74 Å². The molecular weight excluding hydrogens is 310 g/mol. The summed E-state index contributed by atoms with van der Waals surface area (Å²) in [6, 6.07) is 5.56. The van der Waals surface area contributed by atoms with E-state index in [0.29, 0.717) is 11.5 Å². The molecule has 1 aliphatic rings. The maximum Gasteiger partial charge on any atom is 0.339 e. The Morgan fingerprint density at radius 2 is 2.26 bits per heavy atom. The number of halogens is 1. The average Bonchev–Trinajstić information content (AvgIpc) is 2.35. The number of carbonyl (C=O) groups excluding carboxylic acids is 1. The van der Waals surface area contributed by atoms with Crippen LogP contribution in [0.4, 0.5) is 0 Å². The van der Waals surface area contributed by atoms with Crippen LogP contribution >= 0.6 is 15.9 Å². The number of aliphatic hydroxyl groups is 1. The summed E-state index contributed by atoms with van der Waals surface area (Å²) in [5.74, 6) is -0.0845. The summed E-state index contributed by atoms with van der Waals surface area (Å²) in [5.41, 5.74) is 1.78. The Morgan fingerprint density at radius 3 is 2.79 bits per heavy atom. The number of rotatable bonds is 4. The summed E-state index contributed by atoms with van der Waals surface area (Å²) in [5, 5.41) is 9.88. The van der Waals surface area contributed by atoms with Crippen molar-refractivity contribution < 1.29 is 14.6 Å². The lowest BCUT2D eigenvalue weighted by molar-refractivity contribution is -0.153. The highest BCUT2D eigenvalue weighted by atomic mass is 79.9. The van der Waals surface area contributed by atoms with Gasteiger partial charge in [-0.2, -0.15) is 0 Å². The number of likely N-dealkylation sites (tertiary alicyclic amines) is 1. The van der Waals surface area contributed by atoms with Crippen LogP contribution < -0.4 is 0 Å². The van der Waals surface area contributed by atoms with Crippen molar-refractivity contribution in [2.24, 2.45) is 0 Å². The Bertz CT molecular complexity index is 472. The van der Waals surface area contributed by atoms with E-state index in [1.165, 1.54) is 5.56 Å². The van der Waals surface area contributed by atoms with Gasteiger partial charge in [-0.25, -0.2) is 4.79 Å². The van der Waals surface area contributed by atoms with E-state index in [0.717, 1.165) is 17.6 Å². The molecule has 0 spiro atoms. The van der Waals surface area contributed by atoms with Crippen LogP contribution in [-0.4, -0.2) is 42.7 Å². The topological polar surface area (TPSA) is 49.8 Å². The van der Waals surface area contributed by atoms with Crippen LogP contribution in [0, 0.1) is 0 Å². The molecule has 1 unspecified atom stereocenters. The second-order valence-corrected chi connectivity index (χ2v) is 5.71. The molecule has 1 atom stereocenters. The normalized spacial score (nSPS) is 17.9. The van der Waals surface area contributed by atoms with Crippen LogP contribution in [0.2, 0.25) is 0 Å². The van der Waals surface area contributed by atoms with Crippen LogP contribution in [0.15, 0.2) is 22.7 Å². The predicted molar refractivity (Wildman–Crippen MR) is 76.0 cm³/mol. The number of hydrogen-bond acceptors (Lipinski definition) is 4. The number of likely N-dealkylation sites (N-methyl/N-ethyl adjacent to an activating group) is 1. The summed E-state index contributed by atoms with van der Waals surface area (Å²) in [7, 11) is 2.09. The smallest absolute Gasteiger partial charge is 0.339 e. The van der Waals surface area contributed by atoms with Gasteiger partial charge in [-0.15, -0.1) is 0 Å². The molecule has 0 aliphatic carbocycles. The van der Waals surface area contributed by atoms with Crippen LogP contribution in [0.5, 0.6) is 0 Å². The zero-order valence-corrected chi connectivity index (χ0v) is 12.7. The number of aliphatic hydroxyl groups excluding tert-OH is 1. The van der Waals surface area contributed by atoms with Gasteiger partial charge in [0.25, 0.3) is 0 Å². The van der Waals surface area contributed by atoms with E-state index >= 15 is 0 Å². The lowest BCUT2D eigenvalue weighted by atomic mass is 9.91. The third-order valence-corrected chi connectivity index (χ3v) is 4.04. The van der Waals surface area contributed by atoms with Crippen molar-refractivity contribution in [1.82, 2.24) is 4.90 Å². The van der Waals surface area contributed by atoms with E-state index in [1.54, 1.807) is 19.1 Å². The molecule has 0 radical (unpaired) electrons. The molecule has 1 N–H and O–H groups in total. The minimum atomic E-state index is -1.21. The number of esters is 1. The molecule has 2 rings (SSSR count). The van der Waals surface area contributed by atoms with Crippen molar-refractivity contribution in [3.8, 4) is 0 Å². The zero-order chi connectivity index (χ0) is 14.0. The van der Waals surface area contributed by atoms with Crippen molar-refractivity contribution in [3.05, 3.63) is 33.8 Å². The molecule has 1 heterocycles. The lowest BCUT2D eigenvalue weighted by Gasteiger charge is -2.37. The molecular formula is C14H18BrNO3. The van der Waals surface area contributed by atoms with Gasteiger partial charge in [-0.05, 0) is 31.2 Å². The van der Waals surface area contributed by atoms with E-state index < -0.39 is 12.1 Å². The van der Waals surface area contributed by atoms with Crippen molar-refractivity contribution in [1.29, 1.82) is 0 Å². The highest BCUT2D eigenvalue weighted by molar-refractivity contribution is 9.10. The number of ether oxygens (including phenoxy) is 1. The second-order valence-electron chi connectivity index (χ2n) is 4.85. The van der Waals surface area contributed by atoms with Crippen LogP contribution in [0.25, 0.3) is 0 Å². The van der Waals surface area contributed by atoms with Crippen molar-refractivity contribution >= 4 is 21.9 Å². The molecule has 1 fully saturated rings. The first-order valence-corrected chi connectivity index (χ1v) is 7.14. The summed E-state index contributed by atoms with van der Waals surface area (Å²) >= 11 is 3.52. The predicted octanol–water partition coefficient (Wildman–Crippen LogP) is 2.07. The molecule has 4 nitrogen and oxygen atoms in total. The highest BCUT2D eigenvalue weighted by Crippen LogP contribution is 2.33. The largest absolute Gasteiger partial charge is 0.464 e. The van der Waals surface area contributed by atoms with E-state index in [1.807, 2.05) is 6.07 Å². The first-order chi connectivity index (χ1) is 9.02. The third kappa shape index (κ3) is 3.16. The van der Waals surface area contributed by atoms with Gasteiger partial charge < -0.3 is 14.7 Å². The number of carbonyl (C=O) groups is 1. The van der Waals surface area contributed by atoms with Gasteiger partial charge in [0.2, 0.25) is 0 Å². The number of nitrogens with zero attached hydrogens (tertiary/aromatic N) is 1. The molecule has 1 saturated heterocycles. The zero-order valence-electron chi connectivity index (χ0n) is 11.1. The van der Waals surface area contributed by atoms with E-state index in [2.05, 4.69) is 27.9 Å². The first kappa shape index (κ1) is 14.5. The van der Waals surface area contributed by atoms with E-state index in [-0.39, 0.29) is 6.61 Å². The van der Waals surface area contributed by atoms with Gasteiger partial charge in [0.05, 0.1) is 6.61 Å². The Morgan fingerprint density at radius 1 is 1.58 bits per heavy atom. The van der Waals surface area contributed by atoms with Gasteiger partial charge in [-0.1, -0.05) is 28.1 Å². The Kier molecular flexibility index (Phi) is 4.60. The highest BCUT2D eigenvalue weighted by Gasteiger charge is 2.27. The Balaban J connectivity index is 2.12. The van der Waals surface area contributed by atoms with Crippen molar-refractivity contribution in [3.63, 3.8) is 0 Å². The summed E-state index contributed by atoms with van der Waals surface area (Å²) < 4.78 is 5.75. The second kappa shape index (κ2) is 6.03. The molecule has 1 aromatic carbocycles. The standard InChI is InChI=1S/C14H18BrNO3/c1-3-19-14(18)13(17)9-4-5-11(12(15)6-9)10-7-16(2)8-10/h4-6,10,13,17H,3,7-8H2,1-2H3. The third-order valence-electron chi connectivity index (χ3n) is 3.35. The minimum Gasteiger partial charge on any atom is -0.464 e. The van der Waals surface area contributed by atoms with Crippen LogP contribution in [0.3, 0.4) is 0 Å². The average molecular weight is 328 g/mol. The minimum absolute atomic E-state index is 0.267. The fourth-order valence-electron chi connectivity index (χ4n) is 2.30. The summed E-state index contributed by atoms with van der Waals surface area (Å²) in [6.07, 6.45) is -1.21. The monoisotopic (exact) mass is 327 g/mol. The van der Waals surface area contributed by atoms with Gasteiger partial charge in [0.1, 0.15) is 0 Å². The van der Waals surface area contributed by atoms with Gasteiger partial charge in [-0.3, -0.25) is 0 Å². The maximum absolute atomic E-state index is 11.5. The SMILES string of the molecule is CCOC(=O)C(O)c1ccc(C2CN(C)C2)c(Br)c1. The van der Waals surface area contributed by atoms with Gasteiger partial charge in [0.15, 0.2) is 6.10 Å². The molecule has 0 saturated carbocycles. The van der Waals surface area contributed by atoms with Gasteiger partial charge >= 0.3 is 5.97 Å². The van der Waals surface area contributed by atoms with Crippen molar-refractivity contribution in [2.45, 2.75) is 18.9 Å². The Labute approximate surface area is 121 Å². The van der Waals surface area contributed by atoms with Gasteiger partial charge in [0, 0.05) is 23.5 Å². The summed E-state index contributed by atoms with van der Waals surface area (Å²) in [4.78, 5) is 13.7. The fourth-order valence-corrected chi connectivity index (χ4v) is 3.02. The molecule has 0 bridgehead atoms. The molecule has 19 heavy (non-hydrogen) atoms. The van der Waals surface area contributed by atoms with E-state index in [9.17, 15) is 9.90 Å². The molecule has 104 valence electrons. The lowest BCUT2D eigenvalue weighted by Crippen LogP contribution is -2.41. The number of benzene rings is 1. The molecule has 1 aliphatic heterocycles. The van der Waals surface area contributed by atoms with Crippen LogP contribution in [0.1, 0.15) is 30.1 Å². The molecule has 0 aromatic heterocycles. The van der Waals surface area contributed by atoms with Crippen LogP contribution in [-0.2, 0) is 9.53 Å². The quantitative estimate of drug-likeness (QED) is 0.860.